The number of nitrogens with one attached hydrogen (secondary N) is 2. The number of urea groups is 1. The van der Waals surface area contributed by atoms with Crippen LogP contribution in [0.15, 0.2) is 24.3 Å². The van der Waals surface area contributed by atoms with Gasteiger partial charge in [-0.15, -0.1) is 5.10 Å². The fraction of sp³-hybridized carbons (Fsp3) is 0.412. The predicted octanol–water partition coefficient (Wildman–Crippen LogP) is 2.66. The van der Waals surface area contributed by atoms with Crippen LogP contribution in [0.4, 0.5) is 14.9 Å². The first kappa shape index (κ1) is 18.2. The Bertz CT molecular complexity index is 772. The van der Waals surface area contributed by atoms with E-state index in [-0.39, 0.29) is 17.8 Å². The number of benzene rings is 1. The molecule has 1 saturated heterocycles. The van der Waals surface area contributed by atoms with Gasteiger partial charge >= 0.3 is 6.03 Å². The quantitative estimate of drug-likeness (QED) is 0.858. The molecular formula is C17H20FN5O2S. The number of hydrogen-bond acceptors (Lipinski definition) is 5. The van der Waals surface area contributed by atoms with Gasteiger partial charge in [0.2, 0.25) is 0 Å². The summed E-state index contributed by atoms with van der Waals surface area (Å²) in [6.45, 7) is 3.63. The van der Waals surface area contributed by atoms with E-state index in [4.69, 9.17) is 0 Å². The number of anilines is 1. The summed E-state index contributed by atoms with van der Waals surface area (Å²) in [5.74, 6) is -0.0433. The highest BCUT2D eigenvalue weighted by molar-refractivity contribution is 7.07. The van der Waals surface area contributed by atoms with Gasteiger partial charge in [0.05, 0.1) is 5.69 Å². The van der Waals surface area contributed by atoms with Crippen molar-refractivity contribution in [1.82, 2.24) is 19.8 Å². The molecule has 0 spiro atoms. The van der Waals surface area contributed by atoms with Crippen molar-refractivity contribution in [3.05, 3.63) is 40.7 Å². The highest BCUT2D eigenvalue weighted by Gasteiger charge is 2.26. The molecule has 1 aliphatic heterocycles. The van der Waals surface area contributed by atoms with Gasteiger partial charge in [0.25, 0.3) is 5.91 Å². The van der Waals surface area contributed by atoms with Crippen LogP contribution in [-0.4, -0.2) is 46.1 Å². The van der Waals surface area contributed by atoms with Crippen LogP contribution < -0.4 is 10.6 Å². The molecule has 0 atom stereocenters. The zero-order valence-electron chi connectivity index (χ0n) is 14.4. The molecule has 0 radical (unpaired) electrons. The highest BCUT2D eigenvalue weighted by atomic mass is 32.1. The van der Waals surface area contributed by atoms with E-state index in [1.807, 2.05) is 4.90 Å². The summed E-state index contributed by atoms with van der Waals surface area (Å²) in [5, 5.41) is 9.38. The second-order valence-electron chi connectivity index (χ2n) is 6.26. The summed E-state index contributed by atoms with van der Waals surface area (Å²) in [4.78, 5) is 26.8. The van der Waals surface area contributed by atoms with E-state index in [1.54, 1.807) is 6.92 Å². The lowest BCUT2D eigenvalue weighted by molar-refractivity contribution is 0.0694. The van der Waals surface area contributed by atoms with E-state index < -0.39 is 0 Å². The molecule has 7 nitrogen and oxygen atoms in total. The molecule has 2 aromatic rings. The number of rotatable bonds is 4. The summed E-state index contributed by atoms with van der Waals surface area (Å²) in [6, 6.07) is 5.29. The van der Waals surface area contributed by atoms with Crippen LogP contribution in [0.3, 0.4) is 0 Å². The van der Waals surface area contributed by atoms with E-state index >= 15 is 0 Å². The van der Waals surface area contributed by atoms with E-state index in [0.29, 0.717) is 41.8 Å². The van der Waals surface area contributed by atoms with E-state index in [0.717, 1.165) is 24.4 Å². The zero-order chi connectivity index (χ0) is 18.5. The van der Waals surface area contributed by atoms with Crippen LogP contribution in [0.25, 0.3) is 0 Å². The largest absolute Gasteiger partial charge is 0.338 e. The minimum atomic E-state index is -0.346. The maximum absolute atomic E-state index is 12.9. The maximum atomic E-state index is 12.9. The van der Waals surface area contributed by atoms with Crippen LogP contribution in [0, 0.1) is 18.7 Å². The molecule has 0 aliphatic carbocycles. The normalized spacial score (nSPS) is 14.9. The Balaban J connectivity index is 1.41. The van der Waals surface area contributed by atoms with Gasteiger partial charge in [-0.1, -0.05) is 4.49 Å². The van der Waals surface area contributed by atoms with Crippen molar-refractivity contribution >= 4 is 29.2 Å². The number of aryl methyl sites for hydroxylation is 1. The average Bonchev–Trinajstić information content (AvgIpc) is 3.08. The van der Waals surface area contributed by atoms with Gasteiger partial charge in [0.1, 0.15) is 10.7 Å². The molecule has 3 rings (SSSR count). The predicted molar refractivity (Wildman–Crippen MR) is 96.7 cm³/mol. The molecule has 1 aromatic carbocycles. The molecule has 0 bridgehead atoms. The van der Waals surface area contributed by atoms with Gasteiger partial charge in [-0.2, -0.15) is 0 Å². The summed E-state index contributed by atoms with van der Waals surface area (Å²) in [7, 11) is 0. The van der Waals surface area contributed by atoms with Crippen LogP contribution in [0.1, 0.15) is 28.2 Å². The topological polar surface area (TPSA) is 87.2 Å². The number of likely N-dealkylation sites (tertiary alicyclic amines) is 1. The Morgan fingerprint density at radius 2 is 1.96 bits per heavy atom. The molecule has 9 heteroatoms. The first-order valence-corrected chi connectivity index (χ1v) is 9.19. The second-order valence-corrected chi connectivity index (χ2v) is 7.02. The Morgan fingerprint density at radius 3 is 2.58 bits per heavy atom. The molecule has 2 N–H and O–H groups in total. The Labute approximate surface area is 154 Å². The second kappa shape index (κ2) is 8.22. The molecule has 1 aromatic heterocycles. The highest BCUT2D eigenvalue weighted by Crippen LogP contribution is 2.20. The lowest BCUT2D eigenvalue weighted by Crippen LogP contribution is -2.42. The number of hydrogen-bond donors (Lipinski definition) is 2. The van der Waals surface area contributed by atoms with Crippen molar-refractivity contribution in [3.63, 3.8) is 0 Å². The minimum absolute atomic E-state index is 0.0158. The first-order chi connectivity index (χ1) is 12.5. The summed E-state index contributed by atoms with van der Waals surface area (Å²) < 4.78 is 16.7. The Morgan fingerprint density at radius 1 is 1.27 bits per heavy atom. The summed E-state index contributed by atoms with van der Waals surface area (Å²) in [5.41, 5.74) is 1.21. The van der Waals surface area contributed by atoms with Gasteiger partial charge < -0.3 is 15.5 Å². The fourth-order valence-corrected chi connectivity index (χ4v) is 3.48. The Hall–Kier alpha value is -2.55. The number of halogens is 1. The van der Waals surface area contributed by atoms with E-state index in [9.17, 15) is 14.0 Å². The van der Waals surface area contributed by atoms with Crippen molar-refractivity contribution in [2.45, 2.75) is 19.8 Å². The molecule has 26 heavy (non-hydrogen) atoms. The van der Waals surface area contributed by atoms with Crippen molar-refractivity contribution < 1.29 is 14.0 Å². The lowest BCUT2D eigenvalue weighted by atomic mass is 9.96. The van der Waals surface area contributed by atoms with Crippen molar-refractivity contribution in [3.8, 4) is 0 Å². The third kappa shape index (κ3) is 4.54. The van der Waals surface area contributed by atoms with Gasteiger partial charge in [-0.05, 0) is 61.5 Å². The number of aromatic nitrogens is 2. The van der Waals surface area contributed by atoms with E-state index in [1.165, 1.54) is 24.3 Å². The van der Waals surface area contributed by atoms with Crippen LogP contribution in [-0.2, 0) is 0 Å². The molecule has 2 heterocycles. The molecule has 0 saturated carbocycles. The van der Waals surface area contributed by atoms with Crippen molar-refractivity contribution in [2.75, 3.05) is 25.0 Å². The van der Waals surface area contributed by atoms with Crippen LogP contribution >= 0.6 is 11.5 Å². The third-order valence-corrected chi connectivity index (χ3v) is 5.22. The van der Waals surface area contributed by atoms with Crippen molar-refractivity contribution in [2.24, 2.45) is 5.92 Å². The monoisotopic (exact) mass is 377 g/mol. The van der Waals surface area contributed by atoms with Gasteiger partial charge in [0, 0.05) is 25.3 Å². The molecule has 138 valence electrons. The molecule has 1 fully saturated rings. The van der Waals surface area contributed by atoms with Crippen molar-refractivity contribution in [1.29, 1.82) is 0 Å². The summed E-state index contributed by atoms with van der Waals surface area (Å²) >= 11 is 1.13. The van der Waals surface area contributed by atoms with Gasteiger partial charge in [-0.3, -0.25) is 4.79 Å². The number of carbonyl (C=O) groups excluding carboxylic acids is 2. The van der Waals surface area contributed by atoms with Gasteiger partial charge in [0.15, 0.2) is 0 Å². The smallest absolute Gasteiger partial charge is 0.319 e. The Kier molecular flexibility index (Phi) is 5.77. The molecule has 3 amide bonds. The maximum Gasteiger partial charge on any atom is 0.319 e. The zero-order valence-corrected chi connectivity index (χ0v) is 15.2. The SMILES string of the molecule is Cc1nnsc1C(=O)N1CCC(CNC(=O)Nc2ccc(F)cc2)CC1. The summed E-state index contributed by atoms with van der Waals surface area (Å²) in [6.07, 6.45) is 1.65. The minimum Gasteiger partial charge on any atom is -0.338 e. The van der Waals surface area contributed by atoms with E-state index in [2.05, 4.69) is 20.2 Å². The van der Waals surface area contributed by atoms with Crippen LogP contribution in [0.5, 0.6) is 0 Å². The third-order valence-electron chi connectivity index (χ3n) is 4.40. The number of carbonyl (C=O) groups is 2. The number of nitrogens with zero attached hydrogens (tertiary/aromatic N) is 3. The number of piperidine rings is 1. The fourth-order valence-electron chi connectivity index (χ4n) is 2.86. The average molecular weight is 377 g/mol. The van der Waals surface area contributed by atoms with Crippen LogP contribution in [0.2, 0.25) is 0 Å². The standard InChI is InChI=1S/C17H20FN5O2S/c1-11-15(26-22-21-11)16(24)23-8-6-12(7-9-23)10-19-17(25)20-14-4-2-13(18)3-5-14/h2-5,12H,6-10H2,1H3,(H2,19,20,25). The lowest BCUT2D eigenvalue weighted by Gasteiger charge is -2.31. The molecular weight excluding hydrogens is 357 g/mol. The van der Waals surface area contributed by atoms with Gasteiger partial charge in [-0.25, -0.2) is 9.18 Å². The first-order valence-electron chi connectivity index (χ1n) is 8.41. The molecule has 1 aliphatic rings. The molecule has 0 unspecified atom stereocenters. The number of amides is 3.